The van der Waals surface area contributed by atoms with Gasteiger partial charge in [-0.1, -0.05) is 37.3 Å². The lowest BCUT2D eigenvalue weighted by atomic mass is 9.99. The van der Waals surface area contributed by atoms with E-state index in [4.69, 9.17) is 14.2 Å². The molecular formula is C26H37NO6S. The highest BCUT2D eigenvalue weighted by molar-refractivity contribution is 7.89. The second-order valence-corrected chi connectivity index (χ2v) is 10.5. The van der Waals surface area contributed by atoms with Crippen molar-refractivity contribution in [3.05, 3.63) is 72.3 Å². The molecule has 0 spiro atoms. The first kappa shape index (κ1) is 27.9. The van der Waals surface area contributed by atoms with Gasteiger partial charge in [0.1, 0.15) is 11.5 Å². The summed E-state index contributed by atoms with van der Waals surface area (Å²) in [4.78, 5) is 0. The molecule has 2 aromatic carbocycles. The second kappa shape index (κ2) is 13.5. The monoisotopic (exact) mass is 491 g/mol. The van der Waals surface area contributed by atoms with Crippen molar-refractivity contribution in [2.75, 3.05) is 27.9 Å². The lowest BCUT2D eigenvalue weighted by Gasteiger charge is -2.32. The molecule has 1 N–H and O–H groups in total. The van der Waals surface area contributed by atoms with Gasteiger partial charge in [0.25, 0.3) is 0 Å². The van der Waals surface area contributed by atoms with E-state index in [0.717, 1.165) is 11.1 Å². The lowest BCUT2D eigenvalue weighted by Crippen LogP contribution is -2.43. The van der Waals surface area contributed by atoms with Crippen LogP contribution < -0.4 is 9.47 Å². The molecule has 0 aromatic heterocycles. The fourth-order valence-electron chi connectivity index (χ4n) is 3.89. The van der Waals surface area contributed by atoms with Gasteiger partial charge in [0, 0.05) is 20.2 Å². The summed E-state index contributed by atoms with van der Waals surface area (Å²) in [5.41, 5.74) is 1.68. The van der Waals surface area contributed by atoms with Crippen LogP contribution in [-0.2, 0) is 27.8 Å². The van der Waals surface area contributed by atoms with Crippen LogP contribution in [0.2, 0.25) is 0 Å². The SMILES string of the molecule is C=CC[C@H](C)[C@H](C[C@@H](O)COC)S(=O)(=O)N(Cc1ccc(OC)cc1)Cc1ccc(OC)cc1. The van der Waals surface area contributed by atoms with Crippen LogP contribution in [0.1, 0.15) is 30.9 Å². The molecule has 2 rings (SSSR count). The molecule has 0 radical (unpaired) electrons. The molecule has 0 unspecified atom stereocenters. The molecule has 0 amide bonds. The number of sulfonamides is 1. The van der Waals surface area contributed by atoms with Crippen molar-refractivity contribution in [2.24, 2.45) is 5.92 Å². The number of rotatable bonds is 15. The van der Waals surface area contributed by atoms with E-state index in [1.54, 1.807) is 20.3 Å². The van der Waals surface area contributed by atoms with Crippen molar-refractivity contribution in [1.29, 1.82) is 0 Å². The summed E-state index contributed by atoms with van der Waals surface area (Å²) < 4.78 is 45.1. The highest BCUT2D eigenvalue weighted by Gasteiger charge is 2.37. The Bertz CT molecular complexity index is 926. The number of nitrogens with zero attached hydrogens (tertiary/aromatic N) is 1. The standard InChI is InChI=1S/C26H37NO6S/c1-6-7-20(2)26(16-23(28)19-31-3)34(29,30)27(17-21-8-12-24(32-4)13-9-21)18-22-10-14-25(33-5)15-11-22/h6,8-15,20,23,26,28H,1,7,16-19H2,2-5H3/t20-,23+,26-/m0/s1. The van der Waals surface area contributed by atoms with Gasteiger partial charge in [-0.3, -0.25) is 0 Å². The van der Waals surface area contributed by atoms with Crippen LogP contribution in [0.3, 0.4) is 0 Å². The van der Waals surface area contributed by atoms with Gasteiger partial charge >= 0.3 is 0 Å². The highest BCUT2D eigenvalue weighted by atomic mass is 32.2. The molecule has 188 valence electrons. The summed E-state index contributed by atoms with van der Waals surface area (Å²) in [5, 5.41) is 9.62. The van der Waals surface area contributed by atoms with Crippen LogP contribution in [-0.4, -0.2) is 57.1 Å². The number of hydrogen-bond acceptors (Lipinski definition) is 6. The Balaban J connectivity index is 2.43. The minimum atomic E-state index is -3.82. The third kappa shape index (κ3) is 7.84. The molecule has 0 aliphatic carbocycles. The number of ether oxygens (including phenoxy) is 3. The van der Waals surface area contributed by atoms with Crippen LogP contribution >= 0.6 is 0 Å². The minimum Gasteiger partial charge on any atom is -0.497 e. The molecule has 0 saturated heterocycles. The summed E-state index contributed by atoms with van der Waals surface area (Å²) >= 11 is 0. The van der Waals surface area contributed by atoms with Gasteiger partial charge in [0.05, 0.1) is 32.2 Å². The Hall–Kier alpha value is -2.39. The number of hydrogen-bond donors (Lipinski definition) is 1. The molecular weight excluding hydrogens is 454 g/mol. The molecule has 8 heteroatoms. The van der Waals surface area contributed by atoms with Gasteiger partial charge in [-0.2, -0.15) is 4.31 Å². The molecule has 0 fully saturated rings. The maximum atomic E-state index is 14.0. The van der Waals surface area contributed by atoms with Gasteiger partial charge in [-0.05, 0) is 54.2 Å². The summed E-state index contributed by atoms with van der Waals surface area (Å²) in [6, 6.07) is 14.7. The van der Waals surface area contributed by atoms with Gasteiger partial charge in [0.2, 0.25) is 10.0 Å². The Morgan fingerprint density at radius 2 is 1.41 bits per heavy atom. The van der Waals surface area contributed by atoms with Crippen LogP contribution in [0.5, 0.6) is 11.5 Å². The number of methoxy groups -OCH3 is 3. The summed E-state index contributed by atoms with van der Waals surface area (Å²) in [6.45, 7) is 6.11. The predicted molar refractivity (Wildman–Crippen MR) is 134 cm³/mol. The quantitative estimate of drug-likeness (QED) is 0.379. The van der Waals surface area contributed by atoms with Crippen molar-refractivity contribution < 1.29 is 27.7 Å². The van der Waals surface area contributed by atoms with E-state index in [9.17, 15) is 13.5 Å². The largest absolute Gasteiger partial charge is 0.497 e. The summed E-state index contributed by atoms with van der Waals surface area (Å²) in [7, 11) is 0.847. The molecule has 0 aliphatic rings. The van der Waals surface area contributed by atoms with Crippen molar-refractivity contribution in [3.63, 3.8) is 0 Å². The van der Waals surface area contributed by atoms with Crippen LogP contribution in [0, 0.1) is 5.92 Å². The van der Waals surface area contributed by atoms with Gasteiger partial charge < -0.3 is 19.3 Å². The summed E-state index contributed by atoms with van der Waals surface area (Å²) in [6.07, 6.45) is 1.42. The number of aliphatic hydroxyl groups is 1. The van der Waals surface area contributed by atoms with E-state index >= 15 is 0 Å². The normalized spacial score (nSPS) is 14.4. The van der Waals surface area contributed by atoms with Crippen LogP contribution in [0.25, 0.3) is 0 Å². The second-order valence-electron chi connectivity index (χ2n) is 8.39. The van der Waals surface area contributed by atoms with Crippen molar-refractivity contribution in [3.8, 4) is 11.5 Å². The van der Waals surface area contributed by atoms with E-state index in [2.05, 4.69) is 6.58 Å². The average molecular weight is 492 g/mol. The lowest BCUT2D eigenvalue weighted by molar-refractivity contribution is 0.0557. The number of aliphatic hydroxyl groups excluding tert-OH is 1. The Morgan fingerprint density at radius 1 is 0.941 bits per heavy atom. The topological polar surface area (TPSA) is 85.3 Å². The van der Waals surface area contributed by atoms with Crippen molar-refractivity contribution in [2.45, 2.75) is 44.2 Å². The fraction of sp³-hybridized carbons (Fsp3) is 0.462. The predicted octanol–water partition coefficient (Wildman–Crippen LogP) is 4.01. The van der Waals surface area contributed by atoms with Crippen molar-refractivity contribution >= 4 is 10.0 Å². The Morgan fingerprint density at radius 3 is 1.79 bits per heavy atom. The Labute approximate surface area is 204 Å². The van der Waals surface area contributed by atoms with Crippen LogP contribution in [0.15, 0.2) is 61.2 Å². The zero-order valence-corrected chi connectivity index (χ0v) is 21.3. The number of allylic oxidation sites excluding steroid dienone is 1. The Kier molecular flexibility index (Phi) is 11.0. The molecule has 0 bridgehead atoms. The average Bonchev–Trinajstić information content (AvgIpc) is 2.83. The van der Waals surface area contributed by atoms with Gasteiger partial charge in [-0.25, -0.2) is 8.42 Å². The van der Waals surface area contributed by atoms with E-state index in [-0.39, 0.29) is 32.0 Å². The van der Waals surface area contributed by atoms with Crippen molar-refractivity contribution in [1.82, 2.24) is 4.31 Å². The first-order chi connectivity index (χ1) is 16.2. The molecule has 34 heavy (non-hydrogen) atoms. The molecule has 3 atom stereocenters. The number of benzene rings is 2. The third-order valence-electron chi connectivity index (χ3n) is 5.82. The highest BCUT2D eigenvalue weighted by Crippen LogP contribution is 2.28. The van der Waals surface area contributed by atoms with Gasteiger partial charge in [0.15, 0.2) is 0 Å². The zero-order valence-electron chi connectivity index (χ0n) is 20.5. The minimum absolute atomic E-state index is 0.0732. The summed E-state index contributed by atoms with van der Waals surface area (Å²) in [5.74, 6) is 1.17. The first-order valence-electron chi connectivity index (χ1n) is 11.3. The molecule has 0 heterocycles. The third-order valence-corrected chi connectivity index (χ3v) is 8.22. The van der Waals surface area contributed by atoms with Crippen LogP contribution in [0.4, 0.5) is 0 Å². The van der Waals surface area contributed by atoms with E-state index < -0.39 is 21.4 Å². The fourth-order valence-corrected chi connectivity index (χ4v) is 6.09. The van der Waals surface area contributed by atoms with E-state index in [1.807, 2.05) is 55.5 Å². The van der Waals surface area contributed by atoms with E-state index in [1.165, 1.54) is 11.4 Å². The maximum Gasteiger partial charge on any atom is 0.217 e. The van der Waals surface area contributed by atoms with E-state index in [0.29, 0.717) is 17.9 Å². The first-order valence-corrected chi connectivity index (χ1v) is 12.8. The van der Waals surface area contributed by atoms with Gasteiger partial charge in [-0.15, -0.1) is 6.58 Å². The molecule has 0 aliphatic heterocycles. The zero-order chi connectivity index (χ0) is 25.1. The molecule has 2 aromatic rings. The molecule has 7 nitrogen and oxygen atoms in total. The smallest absolute Gasteiger partial charge is 0.217 e. The molecule has 0 saturated carbocycles. The maximum absolute atomic E-state index is 14.0.